The van der Waals surface area contributed by atoms with Gasteiger partial charge in [0.2, 0.25) is 0 Å². The smallest absolute Gasteiger partial charge is 0.156 e. The van der Waals surface area contributed by atoms with E-state index in [4.69, 9.17) is 21.1 Å². The molecule has 0 spiro atoms. The van der Waals surface area contributed by atoms with Crippen LogP contribution in [-0.2, 0) is 13.0 Å². The first kappa shape index (κ1) is 19.0. The number of methoxy groups -OCH3 is 2. The minimum absolute atomic E-state index is 0.380. The standard InChI is InChI=1S/C21H20ClN5O2/c1-28-16-6-14(7-17(8-16)29-2)10-24-19-4-3-13(9-23-19)5-15-11-25-21-20(15)27-18(22)12-26-21/h3-4,6-9,11-12H,5,10H2,1-2H3,(H,23,24)(H,25,26). The molecule has 0 unspecified atom stereocenters. The summed E-state index contributed by atoms with van der Waals surface area (Å²) in [5.74, 6) is 2.30. The maximum atomic E-state index is 5.97. The van der Waals surface area contributed by atoms with E-state index in [1.807, 2.05) is 42.7 Å². The van der Waals surface area contributed by atoms with Crippen LogP contribution in [0.3, 0.4) is 0 Å². The fourth-order valence-corrected chi connectivity index (χ4v) is 3.20. The van der Waals surface area contributed by atoms with Crippen molar-refractivity contribution in [1.29, 1.82) is 0 Å². The van der Waals surface area contributed by atoms with E-state index in [9.17, 15) is 0 Å². The SMILES string of the molecule is COc1cc(CNc2ccc(Cc3c[nH]c4ncc(Cl)nc34)cn2)cc(OC)c1. The summed E-state index contributed by atoms with van der Waals surface area (Å²) >= 11 is 5.97. The fraction of sp³-hybridized carbons (Fsp3) is 0.190. The van der Waals surface area contributed by atoms with Crippen LogP contribution >= 0.6 is 11.6 Å². The molecule has 0 aliphatic rings. The Kier molecular flexibility index (Phi) is 5.48. The van der Waals surface area contributed by atoms with Crippen molar-refractivity contribution in [2.45, 2.75) is 13.0 Å². The third-order valence-electron chi connectivity index (χ3n) is 4.53. The zero-order chi connectivity index (χ0) is 20.2. The van der Waals surface area contributed by atoms with E-state index in [0.29, 0.717) is 18.1 Å². The Morgan fingerprint density at radius 1 is 1.00 bits per heavy atom. The Hall–Kier alpha value is -3.32. The lowest BCUT2D eigenvalue weighted by atomic mass is 10.1. The van der Waals surface area contributed by atoms with Crippen molar-refractivity contribution >= 4 is 28.6 Å². The van der Waals surface area contributed by atoms with Gasteiger partial charge in [0.25, 0.3) is 0 Å². The van der Waals surface area contributed by atoms with Gasteiger partial charge in [0.15, 0.2) is 5.65 Å². The number of hydrogen-bond acceptors (Lipinski definition) is 6. The minimum atomic E-state index is 0.380. The van der Waals surface area contributed by atoms with Crippen molar-refractivity contribution in [3.05, 3.63) is 70.8 Å². The Labute approximate surface area is 173 Å². The highest BCUT2D eigenvalue weighted by Crippen LogP contribution is 2.23. The first-order valence-electron chi connectivity index (χ1n) is 9.04. The van der Waals surface area contributed by atoms with Crippen molar-refractivity contribution in [2.24, 2.45) is 0 Å². The zero-order valence-electron chi connectivity index (χ0n) is 16.1. The topological polar surface area (TPSA) is 85.0 Å². The number of anilines is 1. The lowest BCUT2D eigenvalue weighted by Gasteiger charge is -2.10. The van der Waals surface area contributed by atoms with Crippen molar-refractivity contribution in [1.82, 2.24) is 19.9 Å². The van der Waals surface area contributed by atoms with Gasteiger partial charge in [0.05, 0.1) is 20.4 Å². The first-order chi connectivity index (χ1) is 14.1. The monoisotopic (exact) mass is 409 g/mol. The van der Waals surface area contributed by atoms with Crippen LogP contribution in [0, 0.1) is 0 Å². The van der Waals surface area contributed by atoms with Gasteiger partial charge >= 0.3 is 0 Å². The number of ether oxygens (including phenoxy) is 2. The second kappa shape index (κ2) is 8.36. The summed E-state index contributed by atoms with van der Waals surface area (Å²) in [5.41, 5.74) is 4.65. The summed E-state index contributed by atoms with van der Waals surface area (Å²) in [5, 5.41) is 3.70. The normalized spacial score (nSPS) is 10.9. The van der Waals surface area contributed by atoms with Gasteiger partial charge in [-0.3, -0.25) is 0 Å². The predicted molar refractivity (Wildman–Crippen MR) is 113 cm³/mol. The molecule has 0 radical (unpaired) electrons. The summed E-state index contributed by atoms with van der Waals surface area (Å²) in [6, 6.07) is 9.78. The molecule has 3 heterocycles. The summed E-state index contributed by atoms with van der Waals surface area (Å²) in [4.78, 5) is 16.2. The molecule has 8 heteroatoms. The number of H-pyrrole nitrogens is 1. The second-order valence-corrected chi connectivity index (χ2v) is 6.89. The summed E-state index contributed by atoms with van der Waals surface area (Å²) < 4.78 is 10.6. The highest BCUT2D eigenvalue weighted by atomic mass is 35.5. The van der Waals surface area contributed by atoms with Gasteiger partial charge in [-0.2, -0.15) is 0 Å². The molecule has 0 saturated carbocycles. The molecular weight excluding hydrogens is 390 g/mol. The van der Waals surface area contributed by atoms with Gasteiger partial charge in [0.1, 0.15) is 28.0 Å². The first-order valence-corrected chi connectivity index (χ1v) is 9.41. The largest absolute Gasteiger partial charge is 0.497 e. The molecular formula is C21H20ClN5O2. The maximum absolute atomic E-state index is 5.97. The van der Waals surface area contributed by atoms with Crippen LogP contribution in [0.1, 0.15) is 16.7 Å². The predicted octanol–water partition coefficient (Wildman–Crippen LogP) is 4.23. The van der Waals surface area contributed by atoms with Crippen LogP contribution in [0.15, 0.2) is 48.9 Å². The van der Waals surface area contributed by atoms with Crippen LogP contribution in [-0.4, -0.2) is 34.2 Å². The molecule has 0 amide bonds. The molecule has 0 aliphatic heterocycles. The highest BCUT2D eigenvalue weighted by Gasteiger charge is 2.09. The molecule has 0 fully saturated rings. The van der Waals surface area contributed by atoms with E-state index in [1.165, 1.54) is 6.20 Å². The molecule has 0 bridgehead atoms. The van der Waals surface area contributed by atoms with E-state index in [2.05, 4.69) is 25.3 Å². The van der Waals surface area contributed by atoms with E-state index in [-0.39, 0.29) is 0 Å². The molecule has 7 nitrogen and oxygen atoms in total. The van der Waals surface area contributed by atoms with Crippen molar-refractivity contribution in [3.8, 4) is 11.5 Å². The highest BCUT2D eigenvalue weighted by molar-refractivity contribution is 6.29. The van der Waals surface area contributed by atoms with Crippen LogP contribution in [0.2, 0.25) is 5.15 Å². The Morgan fingerprint density at radius 2 is 1.79 bits per heavy atom. The van der Waals surface area contributed by atoms with E-state index in [1.54, 1.807) is 14.2 Å². The summed E-state index contributed by atoms with van der Waals surface area (Å²) in [6.07, 6.45) is 5.98. The van der Waals surface area contributed by atoms with Gasteiger partial charge in [-0.25, -0.2) is 15.0 Å². The van der Waals surface area contributed by atoms with Crippen LogP contribution in [0.4, 0.5) is 5.82 Å². The third kappa shape index (κ3) is 4.41. The van der Waals surface area contributed by atoms with E-state index < -0.39 is 0 Å². The lowest BCUT2D eigenvalue weighted by Crippen LogP contribution is -2.02. The van der Waals surface area contributed by atoms with Crippen molar-refractivity contribution in [2.75, 3.05) is 19.5 Å². The summed E-state index contributed by atoms with van der Waals surface area (Å²) in [6.45, 7) is 0.608. The fourth-order valence-electron chi connectivity index (χ4n) is 3.07. The van der Waals surface area contributed by atoms with E-state index >= 15 is 0 Å². The molecule has 29 heavy (non-hydrogen) atoms. The molecule has 0 aliphatic carbocycles. The Bertz CT molecular complexity index is 1110. The molecule has 4 aromatic rings. The molecule has 2 N–H and O–H groups in total. The number of aromatic amines is 1. The number of fused-ring (bicyclic) bond motifs is 1. The number of halogens is 1. The third-order valence-corrected chi connectivity index (χ3v) is 4.72. The molecule has 1 aromatic carbocycles. The number of nitrogens with one attached hydrogen (secondary N) is 2. The van der Waals surface area contributed by atoms with Crippen LogP contribution < -0.4 is 14.8 Å². The second-order valence-electron chi connectivity index (χ2n) is 6.51. The average Bonchev–Trinajstić information content (AvgIpc) is 3.14. The molecule has 4 rings (SSSR count). The van der Waals surface area contributed by atoms with Crippen LogP contribution in [0.25, 0.3) is 11.2 Å². The Balaban J connectivity index is 1.43. The maximum Gasteiger partial charge on any atom is 0.156 e. The molecule has 148 valence electrons. The van der Waals surface area contributed by atoms with Crippen molar-refractivity contribution < 1.29 is 9.47 Å². The average molecular weight is 410 g/mol. The number of rotatable bonds is 7. The molecule has 3 aromatic heterocycles. The lowest BCUT2D eigenvalue weighted by molar-refractivity contribution is 0.393. The van der Waals surface area contributed by atoms with Crippen LogP contribution in [0.5, 0.6) is 11.5 Å². The zero-order valence-corrected chi connectivity index (χ0v) is 16.8. The number of benzene rings is 1. The van der Waals surface area contributed by atoms with Gasteiger partial charge in [-0.1, -0.05) is 17.7 Å². The van der Waals surface area contributed by atoms with Gasteiger partial charge in [-0.15, -0.1) is 0 Å². The number of pyridine rings is 1. The molecule has 0 saturated heterocycles. The summed E-state index contributed by atoms with van der Waals surface area (Å²) in [7, 11) is 3.28. The quantitative estimate of drug-likeness (QED) is 0.475. The van der Waals surface area contributed by atoms with Gasteiger partial charge in [0, 0.05) is 37.0 Å². The minimum Gasteiger partial charge on any atom is -0.497 e. The van der Waals surface area contributed by atoms with Crippen molar-refractivity contribution in [3.63, 3.8) is 0 Å². The number of hydrogen-bond donors (Lipinski definition) is 2. The van der Waals surface area contributed by atoms with Gasteiger partial charge < -0.3 is 19.8 Å². The molecule has 0 atom stereocenters. The van der Waals surface area contributed by atoms with Gasteiger partial charge in [-0.05, 0) is 29.3 Å². The number of nitrogens with zero attached hydrogens (tertiary/aromatic N) is 3. The van der Waals surface area contributed by atoms with E-state index in [0.717, 1.165) is 45.2 Å². The number of aromatic nitrogens is 4. The Morgan fingerprint density at radius 3 is 2.48 bits per heavy atom.